The Morgan fingerprint density at radius 2 is 1.87 bits per heavy atom. The van der Waals surface area contributed by atoms with Crippen molar-refractivity contribution < 1.29 is 0 Å². The number of aromatic nitrogens is 1. The Kier molecular flexibility index (Phi) is 6.53. The van der Waals surface area contributed by atoms with Gasteiger partial charge in [0.05, 0.1) is 6.04 Å². The first-order valence-corrected chi connectivity index (χ1v) is 11.5. The zero-order valence-electron chi connectivity index (χ0n) is 18.3. The minimum absolute atomic E-state index is 0.0276. The van der Waals surface area contributed by atoms with E-state index in [0.29, 0.717) is 0 Å². The van der Waals surface area contributed by atoms with E-state index in [1.165, 1.54) is 33.2 Å². The van der Waals surface area contributed by atoms with Gasteiger partial charge in [-0.3, -0.25) is 0 Å². The topological polar surface area (TPSA) is 27.8 Å². The second kappa shape index (κ2) is 9.49. The minimum Gasteiger partial charge on any atom is -0.374 e. The lowest BCUT2D eigenvalue weighted by Gasteiger charge is -2.24. The molecule has 1 aromatic heterocycles. The zero-order chi connectivity index (χ0) is 21.8. The van der Waals surface area contributed by atoms with E-state index in [0.717, 1.165) is 35.4 Å². The molecule has 1 heterocycles. The Bertz CT molecular complexity index is 1190. The molecule has 31 heavy (non-hydrogen) atoms. The zero-order valence-corrected chi connectivity index (χ0v) is 19.2. The van der Waals surface area contributed by atoms with Crippen molar-refractivity contribution in [2.45, 2.75) is 32.7 Å². The van der Waals surface area contributed by atoms with Crippen LogP contribution in [-0.4, -0.2) is 10.7 Å². The van der Waals surface area contributed by atoms with Crippen molar-refractivity contribution in [1.29, 1.82) is 0 Å². The van der Waals surface area contributed by atoms with Gasteiger partial charge < -0.3 is 10.3 Å². The van der Waals surface area contributed by atoms with Crippen molar-refractivity contribution in [2.24, 2.45) is 0 Å². The first kappa shape index (κ1) is 21.3. The Morgan fingerprint density at radius 3 is 2.61 bits per heavy atom. The molecule has 158 valence electrons. The molecule has 3 aromatic carbocycles. The van der Waals surface area contributed by atoms with E-state index in [9.17, 15) is 0 Å². The number of H-pyrrole nitrogens is 1. The normalized spacial score (nSPS) is 12.1. The molecular formula is C28H30N2S. The summed E-state index contributed by atoms with van der Waals surface area (Å²) in [7, 11) is 0. The van der Waals surface area contributed by atoms with Crippen molar-refractivity contribution in [3.8, 4) is 0 Å². The average Bonchev–Trinajstić information content (AvgIpc) is 3.22. The third kappa shape index (κ3) is 4.57. The first-order chi connectivity index (χ1) is 15.1. The lowest BCUT2D eigenvalue weighted by molar-refractivity contribution is 1.00. The molecule has 0 aliphatic heterocycles. The van der Waals surface area contributed by atoms with Crippen molar-refractivity contribution in [3.05, 3.63) is 107 Å². The fraction of sp³-hybridized carbons (Fsp3) is 0.214. The number of aryl methyl sites for hydroxylation is 3. The molecule has 0 saturated heterocycles. The smallest absolute Gasteiger partial charge is 0.0768 e. The molecule has 4 aromatic rings. The van der Waals surface area contributed by atoms with E-state index in [2.05, 4.69) is 116 Å². The van der Waals surface area contributed by atoms with Crippen LogP contribution in [0.2, 0.25) is 0 Å². The number of hydrogen-bond acceptors (Lipinski definition) is 2. The Labute approximate surface area is 190 Å². The molecule has 4 rings (SSSR count). The predicted octanol–water partition coefficient (Wildman–Crippen LogP) is 7.38. The van der Waals surface area contributed by atoms with Crippen molar-refractivity contribution >= 4 is 34.8 Å². The third-order valence-corrected chi connectivity index (χ3v) is 6.09. The van der Waals surface area contributed by atoms with Crippen LogP contribution in [0, 0.1) is 6.92 Å². The summed E-state index contributed by atoms with van der Waals surface area (Å²) in [5.74, 6) is 0.829. The van der Waals surface area contributed by atoms with E-state index < -0.39 is 0 Å². The van der Waals surface area contributed by atoms with Gasteiger partial charge in [-0.15, -0.1) is 0 Å². The number of benzene rings is 3. The lowest BCUT2D eigenvalue weighted by atomic mass is 9.92. The fourth-order valence-corrected chi connectivity index (χ4v) is 4.54. The predicted molar refractivity (Wildman–Crippen MR) is 138 cm³/mol. The van der Waals surface area contributed by atoms with Gasteiger partial charge in [0.15, 0.2) is 0 Å². The van der Waals surface area contributed by atoms with Crippen molar-refractivity contribution in [3.63, 3.8) is 0 Å². The highest BCUT2D eigenvalue weighted by atomic mass is 32.1. The van der Waals surface area contributed by atoms with Crippen LogP contribution < -0.4 is 5.32 Å². The van der Waals surface area contributed by atoms with E-state index in [1.54, 1.807) is 0 Å². The van der Waals surface area contributed by atoms with Crippen LogP contribution in [0.5, 0.6) is 0 Å². The summed E-state index contributed by atoms with van der Waals surface area (Å²) >= 11 is 4.42. The molecule has 0 fully saturated rings. The molecule has 1 unspecified atom stereocenters. The van der Waals surface area contributed by atoms with Crippen LogP contribution in [0.1, 0.15) is 40.8 Å². The number of fused-ring (bicyclic) bond motifs is 1. The summed E-state index contributed by atoms with van der Waals surface area (Å²) in [5, 5.41) is 4.99. The van der Waals surface area contributed by atoms with Crippen LogP contribution in [0.15, 0.2) is 79.5 Å². The molecular weight excluding hydrogens is 396 g/mol. The summed E-state index contributed by atoms with van der Waals surface area (Å²) in [6.45, 7) is 8.91. The second-order valence-corrected chi connectivity index (χ2v) is 8.54. The number of hydrogen-bond donors (Lipinski definition) is 3. The van der Waals surface area contributed by atoms with Crippen LogP contribution in [0.25, 0.3) is 16.5 Å². The van der Waals surface area contributed by atoms with Gasteiger partial charge in [-0.2, -0.15) is 12.6 Å². The molecule has 0 bridgehead atoms. The van der Waals surface area contributed by atoms with Crippen LogP contribution >= 0.6 is 12.6 Å². The van der Waals surface area contributed by atoms with Crippen molar-refractivity contribution in [2.75, 3.05) is 11.1 Å². The number of aromatic amines is 1. The summed E-state index contributed by atoms with van der Waals surface area (Å²) in [5.41, 5.74) is 9.62. The van der Waals surface area contributed by atoms with Gasteiger partial charge in [0.2, 0.25) is 0 Å². The van der Waals surface area contributed by atoms with Gasteiger partial charge in [0.25, 0.3) is 0 Å². The summed E-state index contributed by atoms with van der Waals surface area (Å²) in [6, 6.07) is 23.7. The highest BCUT2D eigenvalue weighted by Gasteiger charge is 2.20. The van der Waals surface area contributed by atoms with Gasteiger partial charge in [-0.25, -0.2) is 0 Å². The maximum absolute atomic E-state index is 4.56. The van der Waals surface area contributed by atoms with Crippen LogP contribution in [0.3, 0.4) is 0 Å². The lowest BCUT2D eigenvalue weighted by Crippen LogP contribution is -2.12. The molecule has 2 N–H and O–H groups in total. The highest BCUT2D eigenvalue weighted by Crippen LogP contribution is 2.36. The molecule has 3 heteroatoms. The standard InChI is InChI=1S/C28H30N2S/c1-4-21-15-19(2)16-24(17-21)30-27(22-9-6-5-7-10-22)20(3)26-18-29-28-23(13-14-31)11-8-12-25(26)28/h5-12,15-18,27,29-31H,3-4,13-14H2,1-2H3. The fourth-order valence-electron chi connectivity index (χ4n) is 4.30. The first-order valence-electron chi connectivity index (χ1n) is 10.9. The molecule has 0 aliphatic carbocycles. The largest absolute Gasteiger partial charge is 0.374 e. The number of nitrogens with one attached hydrogen (secondary N) is 2. The maximum Gasteiger partial charge on any atom is 0.0768 e. The van der Waals surface area contributed by atoms with Gasteiger partial charge in [0.1, 0.15) is 0 Å². The van der Waals surface area contributed by atoms with Gasteiger partial charge in [-0.05, 0) is 65.5 Å². The molecule has 0 radical (unpaired) electrons. The minimum atomic E-state index is -0.0276. The Morgan fingerprint density at radius 1 is 1.06 bits per heavy atom. The van der Waals surface area contributed by atoms with Gasteiger partial charge >= 0.3 is 0 Å². The molecule has 0 spiro atoms. The average molecular weight is 427 g/mol. The Hall–Kier alpha value is -2.91. The number of para-hydroxylation sites is 1. The summed E-state index contributed by atoms with van der Waals surface area (Å²) in [4.78, 5) is 3.50. The second-order valence-electron chi connectivity index (χ2n) is 8.09. The SMILES string of the molecule is C=C(c1c[nH]c2c(CCS)cccc12)C(Nc1cc(C)cc(CC)c1)c1ccccc1. The number of thiol groups is 1. The number of anilines is 1. The molecule has 0 aliphatic rings. The van der Waals surface area contributed by atoms with Gasteiger partial charge in [0, 0.05) is 28.4 Å². The van der Waals surface area contributed by atoms with E-state index in [4.69, 9.17) is 0 Å². The number of rotatable bonds is 8. The maximum atomic E-state index is 4.56. The summed E-state index contributed by atoms with van der Waals surface area (Å²) in [6.07, 6.45) is 4.06. The molecule has 1 atom stereocenters. The molecule has 0 amide bonds. The summed E-state index contributed by atoms with van der Waals surface area (Å²) < 4.78 is 0. The van der Waals surface area contributed by atoms with Crippen LogP contribution in [0.4, 0.5) is 5.69 Å². The quantitative estimate of drug-likeness (QED) is 0.252. The van der Waals surface area contributed by atoms with Gasteiger partial charge in [-0.1, -0.05) is 68.1 Å². The van der Waals surface area contributed by atoms with Crippen molar-refractivity contribution in [1.82, 2.24) is 4.98 Å². The van der Waals surface area contributed by atoms with E-state index in [-0.39, 0.29) is 6.04 Å². The molecule has 0 saturated carbocycles. The van der Waals surface area contributed by atoms with Crippen LogP contribution in [-0.2, 0) is 12.8 Å². The van der Waals surface area contributed by atoms with E-state index >= 15 is 0 Å². The third-order valence-electron chi connectivity index (χ3n) is 5.87. The van der Waals surface area contributed by atoms with E-state index in [1.807, 2.05) is 0 Å². The monoisotopic (exact) mass is 426 g/mol. The molecule has 2 nitrogen and oxygen atoms in total. The Balaban J connectivity index is 1.76. The highest BCUT2D eigenvalue weighted by molar-refractivity contribution is 7.80.